The van der Waals surface area contributed by atoms with Crippen LogP contribution in [0.5, 0.6) is 0 Å². The molecule has 0 radical (unpaired) electrons. The highest BCUT2D eigenvalue weighted by molar-refractivity contribution is 7.89. The molecule has 2 fully saturated rings. The highest BCUT2D eigenvalue weighted by Gasteiger charge is 2.45. The smallest absolute Gasteiger partial charge is 0.325 e. The Morgan fingerprint density at radius 1 is 1.25 bits per heavy atom. The Kier molecular flexibility index (Phi) is 3.07. The number of rotatable bonds is 3. The van der Waals surface area contributed by atoms with Gasteiger partial charge in [-0.25, -0.2) is 13.2 Å². The molecule has 0 bridgehead atoms. The number of nitrogens with zero attached hydrogens (tertiary/aromatic N) is 1. The predicted molar refractivity (Wildman–Crippen MR) is 70.6 cm³/mol. The maximum absolute atomic E-state index is 12.4. The molecule has 0 spiro atoms. The Hall–Kier alpha value is -1.45. The van der Waals surface area contributed by atoms with Gasteiger partial charge in [-0.1, -0.05) is 0 Å². The quantitative estimate of drug-likeness (QED) is 0.620. The van der Waals surface area contributed by atoms with E-state index < -0.39 is 26.2 Å². The molecule has 2 aliphatic rings. The van der Waals surface area contributed by atoms with E-state index in [0.29, 0.717) is 12.5 Å². The summed E-state index contributed by atoms with van der Waals surface area (Å²) in [6, 6.07) is -0.195. The Morgan fingerprint density at radius 2 is 1.95 bits per heavy atom. The second-order valence-electron chi connectivity index (χ2n) is 5.42. The van der Waals surface area contributed by atoms with Crippen LogP contribution in [0.1, 0.15) is 12.8 Å². The molecule has 4 N–H and O–H groups in total. The summed E-state index contributed by atoms with van der Waals surface area (Å²) in [6.45, 7) is 0.550. The molecule has 2 heterocycles. The average molecular weight is 300 g/mol. The molecule has 1 saturated heterocycles. The third-order valence-corrected chi connectivity index (χ3v) is 5.85. The molecule has 0 aromatic carbocycles. The summed E-state index contributed by atoms with van der Waals surface area (Å²) in [5.41, 5.74) is 4.36. The van der Waals surface area contributed by atoms with Crippen molar-refractivity contribution in [3.63, 3.8) is 0 Å². The first-order chi connectivity index (χ1) is 9.39. The van der Waals surface area contributed by atoms with Crippen LogP contribution in [0.3, 0.4) is 0 Å². The van der Waals surface area contributed by atoms with Crippen molar-refractivity contribution >= 4 is 10.0 Å². The normalized spacial score (nSPS) is 27.9. The fourth-order valence-corrected chi connectivity index (χ4v) is 4.27. The minimum absolute atomic E-state index is 0.159. The molecule has 0 amide bonds. The zero-order valence-corrected chi connectivity index (χ0v) is 11.5. The van der Waals surface area contributed by atoms with Crippen LogP contribution in [-0.2, 0) is 10.0 Å². The van der Waals surface area contributed by atoms with Gasteiger partial charge in [0.15, 0.2) is 4.90 Å². The number of H-pyrrole nitrogens is 2. The van der Waals surface area contributed by atoms with Crippen LogP contribution in [0, 0.1) is 11.8 Å². The third kappa shape index (κ3) is 2.21. The van der Waals surface area contributed by atoms with Gasteiger partial charge in [0, 0.05) is 25.3 Å². The number of nitrogens with two attached hydrogens (primary N) is 1. The van der Waals surface area contributed by atoms with Crippen LogP contribution in [0.4, 0.5) is 0 Å². The lowest BCUT2D eigenvalue weighted by Crippen LogP contribution is -2.36. The van der Waals surface area contributed by atoms with Gasteiger partial charge in [-0.3, -0.25) is 9.78 Å². The largest absolute Gasteiger partial charge is 0.326 e. The second kappa shape index (κ2) is 4.54. The van der Waals surface area contributed by atoms with E-state index in [1.165, 1.54) is 4.31 Å². The minimum Gasteiger partial charge on any atom is -0.326 e. The highest BCUT2D eigenvalue weighted by Crippen LogP contribution is 2.41. The standard InChI is InChI=1S/C11H16N4O4S/c12-8-5-15(4-7(8)6-1-2-6)20(18,19)9-3-13-11(17)14-10(9)16/h3,6-8H,1-2,4-5,12H2,(H2,13,14,16,17)/t7-,8+/m0/s1. The number of nitrogens with one attached hydrogen (secondary N) is 2. The molecule has 1 aromatic rings. The van der Waals surface area contributed by atoms with Crippen LogP contribution in [0.25, 0.3) is 0 Å². The summed E-state index contributed by atoms with van der Waals surface area (Å²) in [4.78, 5) is 26.3. The fraction of sp³-hybridized carbons (Fsp3) is 0.636. The molecule has 8 nitrogen and oxygen atoms in total. The van der Waals surface area contributed by atoms with Crippen molar-refractivity contribution in [2.24, 2.45) is 17.6 Å². The third-order valence-electron chi connectivity index (χ3n) is 4.01. The van der Waals surface area contributed by atoms with E-state index in [4.69, 9.17) is 5.73 Å². The van der Waals surface area contributed by atoms with Crippen LogP contribution >= 0.6 is 0 Å². The molecule has 20 heavy (non-hydrogen) atoms. The maximum atomic E-state index is 12.4. The second-order valence-corrected chi connectivity index (χ2v) is 7.33. The molecule has 1 aromatic heterocycles. The zero-order chi connectivity index (χ0) is 14.5. The summed E-state index contributed by atoms with van der Waals surface area (Å²) in [5.74, 6) is 0.658. The summed E-state index contributed by atoms with van der Waals surface area (Å²) >= 11 is 0. The SMILES string of the molecule is N[C@@H]1CN(S(=O)(=O)c2c[nH]c(=O)[nH]c2=O)C[C@H]1C1CC1. The van der Waals surface area contributed by atoms with Gasteiger partial charge in [0.2, 0.25) is 10.0 Å². The van der Waals surface area contributed by atoms with E-state index in [1.807, 2.05) is 4.98 Å². The number of aromatic amines is 2. The molecule has 1 aliphatic heterocycles. The molecular weight excluding hydrogens is 284 g/mol. The van der Waals surface area contributed by atoms with Crippen molar-refractivity contribution in [2.45, 2.75) is 23.8 Å². The Bertz CT molecular complexity index is 733. The molecule has 1 saturated carbocycles. The number of aromatic nitrogens is 2. The maximum Gasteiger partial charge on any atom is 0.325 e. The lowest BCUT2D eigenvalue weighted by atomic mass is 9.99. The van der Waals surface area contributed by atoms with E-state index in [1.54, 1.807) is 0 Å². The minimum atomic E-state index is -3.92. The Morgan fingerprint density at radius 3 is 2.55 bits per heavy atom. The Labute approximate surface area is 115 Å². The summed E-state index contributed by atoms with van der Waals surface area (Å²) in [5, 5.41) is 0. The first kappa shape index (κ1) is 13.5. The molecule has 1 aliphatic carbocycles. The van der Waals surface area contributed by atoms with Crippen LogP contribution < -0.4 is 17.0 Å². The molecule has 3 rings (SSSR count). The van der Waals surface area contributed by atoms with Crippen molar-refractivity contribution in [2.75, 3.05) is 13.1 Å². The van der Waals surface area contributed by atoms with Gasteiger partial charge in [0.05, 0.1) is 0 Å². The van der Waals surface area contributed by atoms with Gasteiger partial charge < -0.3 is 10.7 Å². The van der Waals surface area contributed by atoms with Gasteiger partial charge >= 0.3 is 5.69 Å². The molecule has 110 valence electrons. The van der Waals surface area contributed by atoms with Crippen molar-refractivity contribution in [1.82, 2.24) is 14.3 Å². The van der Waals surface area contributed by atoms with Gasteiger partial charge in [0.1, 0.15) is 0 Å². The van der Waals surface area contributed by atoms with Gasteiger partial charge in [-0.15, -0.1) is 0 Å². The van der Waals surface area contributed by atoms with Gasteiger partial charge in [-0.05, 0) is 24.7 Å². The molecular formula is C11H16N4O4S. The Balaban J connectivity index is 1.92. The van der Waals surface area contributed by atoms with Crippen molar-refractivity contribution in [3.05, 3.63) is 27.0 Å². The monoisotopic (exact) mass is 300 g/mol. The molecule has 9 heteroatoms. The summed E-state index contributed by atoms with van der Waals surface area (Å²) in [6.07, 6.45) is 3.11. The first-order valence-electron chi connectivity index (χ1n) is 6.47. The predicted octanol–water partition coefficient (Wildman–Crippen LogP) is -1.58. The van der Waals surface area contributed by atoms with Crippen molar-refractivity contribution < 1.29 is 8.42 Å². The number of hydrogen-bond donors (Lipinski definition) is 3. The van der Waals surface area contributed by atoms with Crippen LogP contribution in [0.15, 0.2) is 20.7 Å². The topological polar surface area (TPSA) is 129 Å². The van der Waals surface area contributed by atoms with E-state index in [2.05, 4.69) is 4.98 Å². The average Bonchev–Trinajstić information content (AvgIpc) is 3.11. The van der Waals surface area contributed by atoms with E-state index >= 15 is 0 Å². The fourth-order valence-electron chi connectivity index (χ4n) is 2.76. The molecule has 0 unspecified atom stereocenters. The van der Waals surface area contributed by atoms with Crippen molar-refractivity contribution in [1.29, 1.82) is 0 Å². The van der Waals surface area contributed by atoms with E-state index in [-0.39, 0.29) is 18.5 Å². The summed E-state index contributed by atoms with van der Waals surface area (Å²) in [7, 11) is -3.92. The number of sulfonamides is 1. The zero-order valence-electron chi connectivity index (χ0n) is 10.7. The van der Waals surface area contributed by atoms with E-state index in [0.717, 1.165) is 19.0 Å². The van der Waals surface area contributed by atoms with Crippen LogP contribution in [-0.4, -0.2) is 41.8 Å². The lowest BCUT2D eigenvalue weighted by molar-refractivity contribution is 0.427. The lowest BCUT2D eigenvalue weighted by Gasteiger charge is -2.15. The highest BCUT2D eigenvalue weighted by atomic mass is 32.2. The molecule has 2 atom stereocenters. The van der Waals surface area contributed by atoms with Crippen LogP contribution in [0.2, 0.25) is 0 Å². The van der Waals surface area contributed by atoms with Gasteiger partial charge in [-0.2, -0.15) is 4.31 Å². The van der Waals surface area contributed by atoms with Gasteiger partial charge in [0.25, 0.3) is 5.56 Å². The summed E-state index contributed by atoms with van der Waals surface area (Å²) < 4.78 is 26.1. The van der Waals surface area contributed by atoms with Crippen molar-refractivity contribution in [3.8, 4) is 0 Å². The van der Waals surface area contributed by atoms with E-state index in [9.17, 15) is 18.0 Å². The first-order valence-corrected chi connectivity index (χ1v) is 7.91. The number of hydrogen-bond acceptors (Lipinski definition) is 5.